The number of aromatic nitrogens is 3. The largest absolute Gasteiger partial charge is 0.305 e. The van der Waals surface area contributed by atoms with Crippen LogP contribution in [0.1, 0.15) is 10.4 Å². The standard InChI is InChI=1S/C19H14FN3OS/c1-10-4-3-9-21-16(10)17-22-18(24)15-14(11(2)25-19(15)23-17)12-5-7-13(20)8-6-12/h3-9H,1-2H3,(H,22,23,24). The molecule has 0 saturated heterocycles. The van der Waals surface area contributed by atoms with Crippen molar-refractivity contribution in [1.82, 2.24) is 15.0 Å². The molecule has 4 nitrogen and oxygen atoms in total. The topological polar surface area (TPSA) is 58.6 Å². The molecule has 1 N–H and O–H groups in total. The van der Waals surface area contributed by atoms with Crippen LogP contribution in [0.15, 0.2) is 47.4 Å². The molecular weight excluding hydrogens is 337 g/mol. The third-order valence-electron chi connectivity index (χ3n) is 4.10. The molecule has 0 amide bonds. The van der Waals surface area contributed by atoms with Gasteiger partial charge in [0, 0.05) is 16.6 Å². The number of aromatic amines is 1. The first-order valence-corrected chi connectivity index (χ1v) is 8.57. The number of rotatable bonds is 2. The van der Waals surface area contributed by atoms with Crippen LogP contribution in [0.2, 0.25) is 0 Å². The number of hydrogen-bond acceptors (Lipinski definition) is 4. The lowest BCUT2D eigenvalue weighted by atomic mass is 10.0. The van der Waals surface area contributed by atoms with Crippen LogP contribution in [0.25, 0.3) is 32.9 Å². The average molecular weight is 351 g/mol. The Kier molecular flexibility index (Phi) is 3.69. The van der Waals surface area contributed by atoms with E-state index in [0.29, 0.717) is 21.7 Å². The molecular formula is C19H14FN3OS. The van der Waals surface area contributed by atoms with Crippen molar-refractivity contribution in [2.45, 2.75) is 13.8 Å². The number of fused-ring (bicyclic) bond motifs is 1. The van der Waals surface area contributed by atoms with Crippen LogP contribution in [0.5, 0.6) is 0 Å². The van der Waals surface area contributed by atoms with Gasteiger partial charge in [0.05, 0.1) is 5.39 Å². The monoisotopic (exact) mass is 351 g/mol. The highest BCUT2D eigenvalue weighted by Crippen LogP contribution is 2.36. The summed E-state index contributed by atoms with van der Waals surface area (Å²) in [6.45, 7) is 3.87. The molecule has 6 heteroatoms. The predicted octanol–water partition coefficient (Wildman–Crippen LogP) is 4.47. The fraction of sp³-hybridized carbons (Fsp3) is 0.105. The van der Waals surface area contributed by atoms with E-state index < -0.39 is 0 Å². The predicted molar refractivity (Wildman–Crippen MR) is 98.3 cm³/mol. The van der Waals surface area contributed by atoms with Crippen molar-refractivity contribution in [3.05, 3.63) is 69.2 Å². The summed E-state index contributed by atoms with van der Waals surface area (Å²) in [7, 11) is 0. The summed E-state index contributed by atoms with van der Waals surface area (Å²) in [4.78, 5) is 26.2. The van der Waals surface area contributed by atoms with E-state index in [-0.39, 0.29) is 11.4 Å². The van der Waals surface area contributed by atoms with Gasteiger partial charge in [-0.3, -0.25) is 9.78 Å². The lowest BCUT2D eigenvalue weighted by Crippen LogP contribution is -2.10. The number of halogens is 1. The van der Waals surface area contributed by atoms with Gasteiger partial charge in [0.2, 0.25) is 0 Å². The number of H-pyrrole nitrogens is 1. The van der Waals surface area contributed by atoms with E-state index in [4.69, 9.17) is 0 Å². The smallest absolute Gasteiger partial charge is 0.260 e. The van der Waals surface area contributed by atoms with Crippen molar-refractivity contribution >= 4 is 21.6 Å². The summed E-state index contributed by atoms with van der Waals surface area (Å²) < 4.78 is 13.2. The zero-order chi connectivity index (χ0) is 17.6. The summed E-state index contributed by atoms with van der Waals surface area (Å²) >= 11 is 1.45. The van der Waals surface area contributed by atoms with Gasteiger partial charge in [-0.25, -0.2) is 9.37 Å². The Hall–Kier alpha value is -2.86. The molecule has 4 aromatic rings. The first kappa shape index (κ1) is 15.7. The number of benzene rings is 1. The van der Waals surface area contributed by atoms with Crippen LogP contribution in [0.3, 0.4) is 0 Å². The highest BCUT2D eigenvalue weighted by Gasteiger charge is 2.18. The van der Waals surface area contributed by atoms with Gasteiger partial charge < -0.3 is 4.98 Å². The van der Waals surface area contributed by atoms with Gasteiger partial charge in [-0.15, -0.1) is 11.3 Å². The van der Waals surface area contributed by atoms with Crippen LogP contribution in [0.4, 0.5) is 4.39 Å². The number of aryl methyl sites for hydroxylation is 2. The zero-order valence-electron chi connectivity index (χ0n) is 13.6. The quantitative estimate of drug-likeness (QED) is 0.580. The molecule has 0 unspecified atom stereocenters. The van der Waals surface area contributed by atoms with Crippen molar-refractivity contribution in [2.75, 3.05) is 0 Å². The van der Waals surface area contributed by atoms with E-state index in [1.54, 1.807) is 18.3 Å². The molecule has 124 valence electrons. The minimum absolute atomic E-state index is 0.214. The fourth-order valence-electron chi connectivity index (χ4n) is 2.93. The van der Waals surface area contributed by atoms with Crippen LogP contribution in [0, 0.1) is 19.7 Å². The number of pyridine rings is 1. The summed E-state index contributed by atoms with van der Waals surface area (Å²) in [6, 6.07) is 9.92. The van der Waals surface area contributed by atoms with E-state index >= 15 is 0 Å². The normalized spacial score (nSPS) is 11.2. The summed E-state index contributed by atoms with van der Waals surface area (Å²) in [5.41, 5.74) is 3.00. The number of thiophene rings is 1. The van der Waals surface area contributed by atoms with Crippen LogP contribution in [-0.4, -0.2) is 15.0 Å². The van der Waals surface area contributed by atoms with Gasteiger partial charge in [0.15, 0.2) is 5.82 Å². The SMILES string of the molecule is Cc1cccnc1-c1nc2sc(C)c(-c3ccc(F)cc3)c2c(=O)[nH]1. The Morgan fingerprint density at radius 1 is 1.12 bits per heavy atom. The summed E-state index contributed by atoms with van der Waals surface area (Å²) in [5.74, 6) is 0.156. The van der Waals surface area contributed by atoms with E-state index in [1.165, 1.54) is 23.5 Å². The molecule has 0 aliphatic rings. The first-order chi connectivity index (χ1) is 12.0. The van der Waals surface area contributed by atoms with Crippen LogP contribution >= 0.6 is 11.3 Å². The molecule has 0 aliphatic carbocycles. The molecule has 0 atom stereocenters. The minimum Gasteiger partial charge on any atom is -0.305 e. The van der Waals surface area contributed by atoms with Gasteiger partial charge in [0.1, 0.15) is 16.3 Å². The Bertz CT molecular complexity index is 1150. The Labute approximate surface area is 147 Å². The van der Waals surface area contributed by atoms with Gasteiger partial charge in [-0.1, -0.05) is 18.2 Å². The second-order valence-corrected chi connectivity index (χ2v) is 7.01. The molecule has 0 radical (unpaired) electrons. The maximum atomic E-state index is 13.2. The third kappa shape index (κ3) is 2.64. The van der Waals surface area contributed by atoms with Crippen LogP contribution < -0.4 is 5.56 Å². The molecule has 0 fully saturated rings. The van der Waals surface area contributed by atoms with Crippen LogP contribution in [-0.2, 0) is 0 Å². The zero-order valence-corrected chi connectivity index (χ0v) is 14.4. The lowest BCUT2D eigenvalue weighted by Gasteiger charge is -2.04. The van der Waals surface area contributed by atoms with E-state index in [2.05, 4.69) is 15.0 Å². The van der Waals surface area contributed by atoms with Gasteiger partial charge in [-0.05, 0) is 43.2 Å². The van der Waals surface area contributed by atoms with E-state index in [1.807, 2.05) is 26.0 Å². The molecule has 3 aromatic heterocycles. The fourth-order valence-corrected chi connectivity index (χ4v) is 3.97. The molecule has 25 heavy (non-hydrogen) atoms. The minimum atomic E-state index is -0.305. The summed E-state index contributed by atoms with van der Waals surface area (Å²) in [5, 5.41) is 0.534. The number of hydrogen-bond donors (Lipinski definition) is 1. The van der Waals surface area contributed by atoms with Crippen molar-refractivity contribution in [3.63, 3.8) is 0 Å². The highest BCUT2D eigenvalue weighted by molar-refractivity contribution is 7.19. The average Bonchev–Trinajstić information content (AvgIpc) is 2.92. The first-order valence-electron chi connectivity index (χ1n) is 7.76. The van der Waals surface area contributed by atoms with Crippen molar-refractivity contribution in [3.8, 4) is 22.6 Å². The lowest BCUT2D eigenvalue weighted by molar-refractivity contribution is 0.628. The highest BCUT2D eigenvalue weighted by atomic mass is 32.1. The molecule has 0 saturated carbocycles. The molecule has 0 spiro atoms. The molecule has 4 rings (SSSR count). The van der Waals surface area contributed by atoms with Crippen molar-refractivity contribution in [1.29, 1.82) is 0 Å². The number of nitrogens with one attached hydrogen (secondary N) is 1. The second-order valence-electron chi connectivity index (χ2n) is 5.80. The van der Waals surface area contributed by atoms with E-state index in [0.717, 1.165) is 21.6 Å². The Morgan fingerprint density at radius 2 is 1.88 bits per heavy atom. The maximum absolute atomic E-state index is 13.2. The third-order valence-corrected chi connectivity index (χ3v) is 5.10. The molecule has 1 aromatic carbocycles. The maximum Gasteiger partial charge on any atom is 0.260 e. The Balaban J connectivity index is 1.97. The van der Waals surface area contributed by atoms with E-state index in [9.17, 15) is 9.18 Å². The molecule has 0 bridgehead atoms. The van der Waals surface area contributed by atoms with Gasteiger partial charge in [0.25, 0.3) is 5.56 Å². The van der Waals surface area contributed by atoms with Gasteiger partial charge >= 0.3 is 0 Å². The molecule has 3 heterocycles. The second kappa shape index (κ2) is 5.89. The Morgan fingerprint density at radius 3 is 2.60 bits per heavy atom. The molecule has 0 aliphatic heterocycles. The summed E-state index contributed by atoms with van der Waals surface area (Å²) in [6.07, 6.45) is 1.68. The van der Waals surface area contributed by atoms with Crippen molar-refractivity contribution < 1.29 is 4.39 Å². The van der Waals surface area contributed by atoms with Gasteiger partial charge in [-0.2, -0.15) is 0 Å². The number of nitrogens with zero attached hydrogens (tertiary/aromatic N) is 2. The van der Waals surface area contributed by atoms with Crippen molar-refractivity contribution in [2.24, 2.45) is 0 Å².